The van der Waals surface area contributed by atoms with Gasteiger partial charge < -0.3 is 20.9 Å². The molecular weight excluding hydrogens is 457 g/mol. The maximum Gasteiger partial charge on any atom is 0.341 e. The minimum atomic E-state index is -1.69. The van der Waals surface area contributed by atoms with Gasteiger partial charge in [-0.2, -0.15) is 0 Å². The van der Waals surface area contributed by atoms with E-state index in [2.05, 4.69) is 10.3 Å². The molecule has 2 aromatic heterocycles. The molecule has 0 amide bonds. The van der Waals surface area contributed by atoms with E-state index in [1.54, 1.807) is 6.92 Å². The molecule has 0 aliphatic rings. The summed E-state index contributed by atoms with van der Waals surface area (Å²) >= 11 is 6.27. The fourth-order valence-corrected chi connectivity index (χ4v) is 3.26. The van der Waals surface area contributed by atoms with Crippen molar-refractivity contribution in [1.82, 2.24) is 9.55 Å². The highest BCUT2D eigenvalue weighted by Crippen LogP contribution is 2.34. The zero-order valence-electron chi connectivity index (χ0n) is 16.2. The van der Waals surface area contributed by atoms with Crippen LogP contribution in [-0.2, 0) is 9.53 Å². The molecule has 32 heavy (non-hydrogen) atoms. The van der Waals surface area contributed by atoms with Crippen LogP contribution in [-0.4, -0.2) is 39.7 Å². The van der Waals surface area contributed by atoms with E-state index in [0.717, 1.165) is 4.57 Å². The van der Waals surface area contributed by atoms with Crippen LogP contribution in [0.25, 0.3) is 16.7 Å². The van der Waals surface area contributed by atoms with Crippen molar-refractivity contribution in [3.8, 4) is 5.82 Å². The summed E-state index contributed by atoms with van der Waals surface area (Å²) in [6.45, 7) is 1.14. The van der Waals surface area contributed by atoms with Gasteiger partial charge in [0, 0.05) is 12.3 Å². The Morgan fingerprint density at radius 2 is 1.94 bits per heavy atom. The number of nitrogen functional groups attached to an aromatic ring is 1. The molecule has 0 unspecified atom stereocenters. The number of ether oxygens (including phenoxy) is 1. The Balaban J connectivity index is 2.37. The van der Waals surface area contributed by atoms with Crippen molar-refractivity contribution in [2.24, 2.45) is 0 Å². The second-order valence-electron chi connectivity index (χ2n) is 6.31. The van der Waals surface area contributed by atoms with Gasteiger partial charge >= 0.3 is 11.9 Å². The van der Waals surface area contributed by atoms with Crippen LogP contribution >= 0.6 is 11.6 Å². The molecule has 0 saturated heterocycles. The number of nitrogens with zero attached hydrogens (tertiary/aromatic N) is 2. The largest absolute Gasteiger partial charge is 0.477 e. The zero-order chi connectivity index (χ0) is 23.7. The molecule has 1 aromatic carbocycles. The number of anilines is 2. The number of carbonyl (C=O) groups is 2. The Bertz CT molecular complexity index is 1330. The summed E-state index contributed by atoms with van der Waals surface area (Å²) in [6.07, 6.45) is 0.703. The molecule has 13 heteroatoms. The number of rotatable bonds is 6. The maximum atomic E-state index is 14.7. The molecule has 0 saturated carbocycles. The summed E-state index contributed by atoms with van der Waals surface area (Å²) in [5, 5.41) is 10.7. The quantitative estimate of drug-likeness (QED) is 0.468. The normalized spacial score (nSPS) is 10.9. The Labute approximate surface area is 182 Å². The third-order valence-electron chi connectivity index (χ3n) is 4.29. The summed E-state index contributed by atoms with van der Waals surface area (Å²) in [6, 6.07) is 1.07. The van der Waals surface area contributed by atoms with Gasteiger partial charge in [0.2, 0.25) is 5.43 Å². The third-order valence-corrected chi connectivity index (χ3v) is 4.66. The van der Waals surface area contributed by atoms with Crippen molar-refractivity contribution < 1.29 is 32.6 Å². The zero-order valence-corrected chi connectivity index (χ0v) is 17.0. The van der Waals surface area contributed by atoms with Gasteiger partial charge in [0.1, 0.15) is 17.9 Å². The molecule has 4 N–H and O–H groups in total. The van der Waals surface area contributed by atoms with Crippen molar-refractivity contribution in [3.63, 3.8) is 0 Å². The number of fused-ring (bicyclic) bond motifs is 1. The number of carboxylic acids is 1. The lowest BCUT2D eigenvalue weighted by atomic mass is 10.1. The summed E-state index contributed by atoms with van der Waals surface area (Å²) < 4.78 is 48.3. The number of aromatic carboxylic acids is 1. The maximum absolute atomic E-state index is 14.7. The predicted octanol–water partition coefficient (Wildman–Crippen LogP) is 2.71. The monoisotopic (exact) mass is 470 g/mol. The first kappa shape index (κ1) is 22.9. The van der Waals surface area contributed by atoms with Crippen LogP contribution in [0.15, 0.2) is 23.1 Å². The van der Waals surface area contributed by atoms with E-state index in [1.807, 2.05) is 0 Å². The van der Waals surface area contributed by atoms with Crippen molar-refractivity contribution in [3.05, 3.63) is 56.6 Å². The summed E-state index contributed by atoms with van der Waals surface area (Å²) in [4.78, 5) is 39.3. The molecule has 0 aliphatic heterocycles. The highest BCUT2D eigenvalue weighted by Gasteiger charge is 2.24. The molecule has 3 rings (SSSR count). The van der Waals surface area contributed by atoms with Crippen LogP contribution in [0.4, 0.5) is 24.7 Å². The van der Waals surface area contributed by atoms with Gasteiger partial charge in [0.15, 0.2) is 23.3 Å². The fourth-order valence-electron chi connectivity index (χ4n) is 2.91. The molecule has 2 heterocycles. The number of esters is 1. The van der Waals surface area contributed by atoms with Gasteiger partial charge in [-0.3, -0.25) is 14.2 Å². The van der Waals surface area contributed by atoms with Crippen LogP contribution in [0.2, 0.25) is 5.02 Å². The minimum absolute atomic E-state index is 0.0723. The predicted molar refractivity (Wildman–Crippen MR) is 109 cm³/mol. The number of aromatic nitrogens is 2. The van der Waals surface area contributed by atoms with Crippen LogP contribution in [0.5, 0.6) is 0 Å². The highest BCUT2D eigenvalue weighted by molar-refractivity contribution is 6.38. The number of halogens is 4. The van der Waals surface area contributed by atoms with E-state index in [4.69, 9.17) is 22.1 Å². The van der Waals surface area contributed by atoms with Crippen LogP contribution in [0, 0.1) is 17.5 Å². The fraction of sp³-hybridized carbons (Fsp3) is 0.158. The lowest BCUT2D eigenvalue weighted by molar-refractivity contribution is -0.140. The second kappa shape index (κ2) is 8.75. The summed E-state index contributed by atoms with van der Waals surface area (Å²) in [7, 11) is 0. The van der Waals surface area contributed by atoms with E-state index in [-0.39, 0.29) is 12.1 Å². The number of nitrogens with one attached hydrogen (secondary N) is 1. The van der Waals surface area contributed by atoms with E-state index >= 15 is 0 Å². The van der Waals surface area contributed by atoms with Crippen LogP contribution < -0.4 is 16.5 Å². The van der Waals surface area contributed by atoms with Crippen LogP contribution in [0.1, 0.15) is 17.3 Å². The molecule has 0 atom stereocenters. The first-order valence-electron chi connectivity index (χ1n) is 8.88. The average Bonchev–Trinajstić information content (AvgIpc) is 2.71. The van der Waals surface area contributed by atoms with Crippen LogP contribution in [0.3, 0.4) is 0 Å². The van der Waals surface area contributed by atoms with E-state index in [9.17, 15) is 32.7 Å². The topological polar surface area (TPSA) is 137 Å². The summed E-state index contributed by atoms with van der Waals surface area (Å²) in [5.74, 6) is -7.37. The lowest BCUT2D eigenvalue weighted by Crippen LogP contribution is -2.21. The number of hydrogen-bond acceptors (Lipinski definition) is 7. The van der Waals surface area contributed by atoms with Gasteiger partial charge in [0.25, 0.3) is 0 Å². The molecule has 168 valence electrons. The Hall–Kier alpha value is -3.80. The Kier molecular flexibility index (Phi) is 6.25. The van der Waals surface area contributed by atoms with Gasteiger partial charge in [-0.05, 0) is 13.0 Å². The number of carbonyl (C=O) groups excluding carboxylic acids is 1. The van der Waals surface area contributed by atoms with Gasteiger partial charge in [-0.25, -0.2) is 22.9 Å². The van der Waals surface area contributed by atoms with Crippen molar-refractivity contribution in [2.75, 3.05) is 24.2 Å². The number of pyridine rings is 2. The number of carboxylic acid groups (broad SMARTS) is 1. The summed E-state index contributed by atoms with van der Waals surface area (Å²) in [5.41, 5.74) is 2.63. The van der Waals surface area contributed by atoms with Crippen molar-refractivity contribution >= 4 is 45.9 Å². The first-order chi connectivity index (χ1) is 15.1. The minimum Gasteiger partial charge on any atom is -0.477 e. The number of hydrogen-bond donors (Lipinski definition) is 3. The molecule has 3 aromatic rings. The molecule has 0 aliphatic carbocycles. The van der Waals surface area contributed by atoms with Crippen molar-refractivity contribution in [2.45, 2.75) is 6.92 Å². The number of benzene rings is 1. The molecule has 0 spiro atoms. The standard InChI is InChI=1S/C19H14ClF3N4O5/c1-2-32-12(28)5-25-14-9(21)3-7-15(13(14)20)27(6-8(16(7)29)19(30)31)18-11(23)4-10(22)17(24)26-18/h3-4,6,25H,2,5H2,1H3,(H2,24,26)(H,30,31). The molecular formula is C19H14ClF3N4O5. The molecule has 0 radical (unpaired) electrons. The second-order valence-corrected chi connectivity index (χ2v) is 6.69. The molecule has 0 fully saturated rings. The SMILES string of the molecule is CCOC(=O)CNc1c(F)cc2c(=O)c(C(=O)O)cn(-c3nc(N)c(F)cc3F)c2c1Cl. The smallest absolute Gasteiger partial charge is 0.341 e. The lowest BCUT2D eigenvalue weighted by Gasteiger charge is -2.17. The highest BCUT2D eigenvalue weighted by atomic mass is 35.5. The number of nitrogens with two attached hydrogens (primary N) is 1. The Morgan fingerprint density at radius 1 is 1.25 bits per heavy atom. The van der Waals surface area contributed by atoms with Gasteiger partial charge in [-0.1, -0.05) is 11.6 Å². The van der Waals surface area contributed by atoms with Crippen molar-refractivity contribution in [1.29, 1.82) is 0 Å². The van der Waals surface area contributed by atoms with Gasteiger partial charge in [0.05, 0.1) is 28.2 Å². The first-order valence-corrected chi connectivity index (χ1v) is 9.26. The molecule has 9 nitrogen and oxygen atoms in total. The van der Waals surface area contributed by atoms with E-state index < -0.39 is 74.7 Å². The average molecular weight is 471 g/mol. The molecule has 0 bridgehead atoms. The third kappa shape index (κ3) is 4.04. The van der Waals surface area contributed by atoms with E-state index in [0.29, 0.717) is 18.3 Å². The Morgan fingerprint density at radius 3 is 2.56 bits per heavy atom. The van der Waals surface area contributed by atoms with Gasteiger partial charge in [-0.15, -0.1) is 0 Å². The van der Waals surface area contributed by atoms with E-state index in [1.165, 1.54) is 0 Å².